The molecule has 0 aliphatic rings. The molecule has 0 unspecified atom stereocenters. The van der Waals surface area contributed by atoms with Gasteiger partial charge in [-0.05, 0) is 0 Å². The zero-order valence-corrected chi connectivity index (χ0v) is 5.31. The summed E-state index contributed by atoms with van der Waals surface area (Å²) in [5, 5.41) is 0.307. The molecular formula is C4H6ClN4+. The number of hydrogen-bond acceptors (Lipinski definition) is 3. The van der Waals surface area contributed by atoms with Gasteiger partial charge in [-0.1, -0.05) is 11.6 Å². The molecule has 0 bridgehead atoms. The molecule has 5 N–H and O–H groups in total. The van der Waals surface area contributed by atoms with Crippen LogP contribution in [0.1, 0.15) is 0 Å². The van der Waals surface area contributed by atoms with Crippen LogP contribution in [0.2, 0.25) is 5.15 Å². The van der Waals surface area contributed by atoms with Crippen molar-refractivity contribution in [1.29, 1.82) is 0 Å². The monoisotopic (exact) mass is 145 g/mol. The molecule has 0 fully saturated rings. The average Bonchev–Trinajstić information content (AvgIpc) is 1.80. The maximum atomic E-state index is 5.44. The summed E-state index contributed by atoms with van der Waals surface area (Å²) in [6.45, 7) is 0. The van der Waals surface area contributed by atoms with Crippen LogP contribution in [0, 0.1) is 0 Å². The Morgan fingerprint density at radius 2 is 2.22 bits per heavy atom. The molecule has 0 spiro atoms. The summed E-state index contributed by atoms with van der Waals surface area (Å²) in [6.07, 6.45) is 1.47. The van der Waals surface area contributed by atoms with Crippen molar-refractivity contribution in [2.45, 2.75) is 0 Å². The van der Waals surface area contributed by atoms with Crippen LogP contribution in [0.3, 0.4) is 0 Å². The number of aromatic nitrogens is 2. The second-order valence-corrected chi connectivity index (χ2v) is 1.91. The van der Waals surface area contributed by atoms with Crippen molar-refractivity contribution < 1.29 is 4.98 Å². The van der Waals surface area contributed by atoms with Crippen LogP contribution in [0.5, 0.6) is 0 Å². The molecule has 1 aromatic heterocycles. The van der Waals surface area contributed by atoms with Gasteiger partial charge in [0.25, 0.3) is 0 Å². The molecule has 0 saturated carbocycles. The van der Waals surface area contributed by atoms with E-state index in [1.54, 1.807) is 0 Å². The highest BCUT2D eigenvalue weighted by atomic mass is 35.5. The number of nitrogens with two attached hydrogens (primary N) is 2. The van der Waals surface area contributed by atoms with Crippen molar-refractivity contribution in [1.82, 2.24) is 4.98 Å². The molecule has 9 heavy (non-hydrogen) atoms. The van der Waals surface area contributed by atoms with Crippen LogP contribution in [0.4, 0.5) is 11.6 Å². The number of rotatable bonds is 0. The van der Waals surface area contributed by atoms with Crippen LogP contribution >= 0.6 is 11.6 Å². The van der Waals surface area contributed by atoms with E-state index in [4.69, 9.17) is 23.1 Å². The summed E-state index contributed by atoms with van der Waals surface area (Å²) in [6, 6.07) is 0. The van der Waals surface area contributed by atoms with Crippen molar-refractivity contribution in [3.05, 3.63) is 11.3 Å². The van der Waals surface area contributed by atoms with E-state index in [0.29, 0.717) is 11.0 Å². The molecule has 1 aromatic rings. The number of hydrogen-bond donors (Lipinski definition) is 2. The smallest absolute Gasteiger partial charge is 0.313 e. The summed E-state index contributed by atoms with van der Waals surface area (Å²) in [5.74, 6) is 0.557. The normalized spacial score (nSPS) is 9.44. The fourth-order valence-electron chi connectivity index (χ4n) is 0.419. The topological polar surface area (TPSA) is 79.1 Å². The highest BCUT2D eigenvalue weighted by Gasteiger charge is 2.01. The number of anilines is 2. The predicted octanol–water partition coefficient (Wildman–Crippen LogP) is -0.287. The highest BCUT2D eigenvalue weighted by Crippen LogP contribution is 2.06. The lowest BCUT2D eigenvalue weighted by Gasteiger charge is -1.89. The van der Waals surface area contributed by atoms with Gasteiger partial charge in [-0.3, -0.25) is 5.73 Å². The van der Waals surface area contributed by atoms with E-state index in [1.807, 2.05) is 0 Å². The molecule has 0 atom stereocenters. The van der Waals surface area contributed by atoms with E-state index in [9.17, 15) is 0 Å². The third kappa shape index (κ3) is 1.20. The number of nitrogens with one attached hydrogen (secondary N) is 1. The maximum absolute atomic E-state index is 5.44. The Morgan fingerprint density at radius 3 is 2.67 bits per heavy atom. The van der Waals surface area contributed by atoms with E-state index in [2.05, 4.69) is 9.97 Å². The fourth-order valence-corrected chi connectivity index (χ4v) is 0.564. The Morgan fingerprint density at radius 1 is 1.56 bits per heavy atom. The Labute approximate surface area is 56.9 Å². The molecule has 5 heteroatoms. The van der Waals surface area contributed by atoms with Crippen LogP contribution in [0.15, 0.2) is 6.20 Å². The number of halogens is 1. The minimum Gasteiger partial charge on any atom is -0.377 e. The van der Waals surface area contributed by atoms with Gasteiger partial charge in [0.1, 0.15) is 6.20 Å². The zero-order chi connectivity index (χ0) is 6.85. The lowest BCUT2D eigenvalue weighted by molar-refractivity contribution is -0.360. The van der Waals surface area contributed by atoms with Gasteiger partial charge in [0, 0.05) is 0 Å². The summed E-state index contributed by atoms with van der Waals surface area (Å²) in [7, 11) is 0. The third-order valence-corrected chi connectivity index (χ3v) is 1.04. The third-order valence-electron chi connectivity index (χ3n) is 0.850. The fraction of sp³-hybridized carbons (Fsp3) is 0. The van der Waals surface area contributed by atoms with Crippen LogP contribution in [-0.4, -0.2) is 4.98 Å². The Hall–Kier alpha value is -1.03. The van der Waals surface area contributed by atoms with Crippen molar-refractivity contribution in [2.75, 3.05) is 11.5 Å². The average molecular weight is 146 g/mol. The van der Waals surface area contributed by atoms with E-state index >= 15 is 0 Å². The first-order valence-corrected chi connectivity index (χ1v) is 2.67. The quantitative estimate of drug-likeness (QED) is 0.527. The van der Waals surface area contributed by atoms with Gasteiger partial charge >= 0.3 is 5.82 Å². The largest absolute Gasteiger partial charge is 0.377 e. The van der Waals surface area contributed by atoms with E-state index in [1.165, 1.54) is 6.20 Å². The van der Waals surface area contributed by atoms with E-state index in [-0.39, 0.29) is 5.82 Å². The van der Waals surface area contributed by atoms with Gasteiger partial charge in [-0.25, -0.2) is 9.97 Å². The number of nitrogen functional groups attached to an aromatic ring is 2. The standard InChI is InChI=1S/C4H5ClN4/c5-2-1-8-3(6)4(7)9-2/h1H,(H2,6,8)(H2,7,9)/p+1. The minimum absolute atomic E-state index is 0.225. The van der Waals surface area contributed by atoms with Crippen LogP contribution < -0.4 is 16.5 Å². The van der Waals surface area contributed by atoms with Crippen molar-refractivity contribution in [2.24, 2.45) is 0 Å². The van der Waals surface area contributed by atoms with Crippen molar-refractivity contribution in [3.8, 4) is 0 Å². The van der Waals surface area contributed by atoms with Crippen molar-refractivity contribution in [3.63, 3.8) is 0 Å². The Kier molecular flexibility index (Phi) is 1.40. The minimum atomic E-state index is 0.225. The van der Waals surface area contributed by atoms with Gasteiger partial charge < -0.3 is 5.73 Å². The Balaban J connectivity index is 3.17. The van der Waals surface area contributed by atoms with Crippen molar-refractivity contribution >= 4 is 23.2 Å². The number of aromatic amines is 1. The molecule has 0 radical (unpaired) electrons. The zero-order valence-electron chi connectivity index (χ0n) is 4.56. The summed E-state index contributed by atoms with van der Waals surface area (Å²) in [5.41, 5.74) is 10.6. The molecule has 0 amide bonds. The SMILES string of the molecule is Nc1nc(Cl)c[nH+]c1N. The second kappa shape index (κ2) is 2.06. The van der Waals surface area contributed by atoms with Gasteiger partial charge in [0.2, 0.25) is 5.82 Å². The van der Waals surface area contributed by atoms with E-state index in [0.717, 1.165) is 0 Å². The first kappa shape index (κ1) is 6.10. The van der Waals surface area contributed by atoms with Gasteiger partial charge in [0.15, 0.2) is 5.15 Å². The van der Waals surface area contributed by atoms with Gasteiger partial charge in [0.05, 0.1) is 0 Å². The summed E-state index contributed by atoms with van der Waals surface area (Å²) >= 11 is 5.44. The highest BCUT2D eigenvalue weighted by molar-refractivity contribution is 6.29. The summed E-state index contributed by atoms with van der Waals surface area (Å²) < 4.78 is 0. The summed E-state index contributed by atoms with van der Waals surface area (Å²) in [4.78, 5) is 6.29. The Bertz CT molecular complexity index is 224. The molecule has 0 aliphatic carbocycles. The van der Waals surface area contributed by atoms with Crippen LogP contribution in [-0.2, 0) is 0 Å². The number of nitrogens with zero attached hydrogens (tertiary/aromatic N) is 1. The first-order valence-electron chi connectivity index (χ1n) is 2.29. The molecule has 0 aromatic carbocycles. The number of H-pyrrole nitrogens is 1. The molecule has 48 valence electrons. The molecule has 1 rings (SSSR count). The molecule has 4 nitrogen and oxygen atoms in total. The van der Waals surface area contributed by atoms with E-state index < -0.39 is 0 Å². The lowest BCUT2D eigenvalue weighted by atomic mass is 10.6. The molecular weight excluding hydrogens is 140 g/mol. The van der Waals surface area contributed by atoms with Crippen LogP contribution in [0.25, 0.3) is 0 Å². The molecule has 0 aliphatic heterocycles. The maximum Gasteiger partial charge on any atom is 0.313 e. The second-order valence-electron chi connectivity index (χ2n) is 1.52. The molecule has 1 heterocycles. The van der Waals surface area contributed by atoms with Gasteiger partial charge in [-0.2, -0.15) is 0 Å². The van der Waals surface area contributed by atoms with Gasteiger partial charge in [-0.15, -0.1) is 0 Å². The lowest BCUT2D eigenvalue weighted by Crippen LogP contribution is -2.13. The first-order chi connectivity index (χ1) is 4.20. The molecule has 0 saturated heterocycles. The predicted molar refractivity (Wildman–Crippen MR) is 34.6 cm³/mol.